The fourth-order valence-corrected chi connectivity index (χ4v) is 2.34. The molecule has 2 rings (SSSR count). The summed E-state index contributed by atoms with van der Waals surface area (Å²) in [5.74, 6) is 0. The molecule has 1 aromatic rings. The van der Waals surface area contributed by atoms with E-state index in [1.807, 2.05) is 18.2 Å². The monoisotopic (exact) mass is 327 g/mol. The average molecular weight is 327 g/mol. The van der Waals surface area contributed by atoms with Crippen molar-refractivity contribution in [2.75, 3.05) is 13.7 Å². The first-order valence-corrected chi connectivity index (χ1v) is 7.19. The molecule has 5 atom stereocenters. The van der Waals surface area contributed by atoms with Crippen molar-refractivity contribution in [1.29, 1.82) is 0 Å². The highest BCUT2D eigenvalue weighted by Gasteiger charge is 2.45. The second-order valence-corrected chi connectivity index (χ2v) is 5.17. The van der Waals surface area contributed by atoms with E-state index in [-0.39, 0.29) is 6.61 Å². The lowest BCUT2D eigenvalue weighted by Crippen LogP contribution is -2.64. The van der Waals surface area contributed by atoms with Crippen molar-refractivity contribution in [3.05, 3.63) is 35.9 Å². The maximum Gasteiger partial charge on any atom is 0.407 e. The predicted octanol–water partition coefficient (Wildman–Crippen LogP) is -0.633. The van der Waals surface area contributed by atoms with Gasteiger partial charge in [-0.15, -0.1) is 0 Å². The molecule has 1 fully saturated rings. The number of benzene rings is 1. The average Bonchev–Trinajstić information content (AvgIpc) is 2.58. The molecule has 8 heteroatoms. The molecule has 128 valence electrons. The van der Waals surface area contributed by atoms with Gasteiger partial charge >= 0.3 is 6.09 Å². The molecular weight excluding hydrogens is 306 g/mol. The van der Waals surface area contributed by atoms with Crippen LogP contribution >= 0.6 is 0 Å². The van der Waals surface area contributed by atoms with Gasteiger partial charge < -0.3 is 34.8 Å². The first-order chi connectivity index (χ1) is 11.1. The van der Waals surface area contributed by atoms with E-state index in [0.29, 0.717) is 0 Å². The molecule has 0 bridgehead atoms. The Morgan fingerprint density at radius 1 is 1.26 bits per heavy atom. The SMILES string of the molecule is CO[C@@H]1O[C@H](CO)[C@H](O)[C@H](O)[C@@H]1NC(=O)OCc1ccccc1. The second kappa shape index (κ2) is 8.23. The zero-order chi connectivity index (χ0) is 16.8. The van der Waals surface area contributed by atoms with Crippen LogP contribution < -0.4 is 5.32 Å². The van der Waals surface area contributed by atoms with E-state index in [1.54, 1.807) is 12.1 Å². The fraction of sp³-hybridized carbons (Fsp3) is 0.533. The molecule has 23 heavy (non-hydrogen) atoms. The quantitative estimate of drug-likeness (QED) is 0.568. The molecule has 1 aliphatic heterocycles. The summed E-state index contributed by atoms with van der Waals surface area (Å²) < 4.78 is 15.4. The number of carbonyl (C=O) groups excluding carboxylic acids is 1. The Bertz CT molecular complexity index is 496. The molecule has 0 aliphatic carbocycles. The van der Waals surface area contributed by atoms with E-state index in [1.165, 1.54) is 7.11 Å². The molecule has 0 saturated carbocycles. The summed E-state index contributed by atoms with van der Waals surface area (Å²) in [4.78, 5) is 11.9. The molecule has 0 unspecified atom stereocenters. The summed E-state index contributed by atoms with van der Waals surface area (Å²) in [6.07, 6.45) is -5.51. The number of carbonyl (C=O) groups is 1. The summed E-state index contributed by atoms with van der Waals surface area (Å²) in [5.41, 5.74) is 0.812. The summed E-state index contributed by atoms with van der Waals surface area (Å²) in [6, 6.07) is 8.07. The van der Waals surface area contributed by atoms with Crippen LogP contribution in [0.4, 0.5) is 4.79 Å². The Balaban J connectivity index is 1.92. The Morgan fingerprint density at radius 3 is 2.57 bits per heavy atom. The highest BCUT2D eigenvalue weighted by molar-refractivity contribution is 5.67. The number of aliphatic hydroxyl groups excluding tert-OH is 3. The van der Waals surface area contributed by atoms with Crippen LogP contribution in [0.15, 0.2) is 30.3 Å². The van der Waals surface area contributed by atoms with Crippen molar-refractivity contribution in [3.63, 3.8) is 0 Å². The van der Waals surface area contributed by atoms with Crippen LogP contribution in [0.25, 0.3) is 0 Å². The fourth-order valence-electron chi connectivity index (χ4n) is 2.34. The van der Waals surface area contributed by atoms with Gasteiger partial charge in [-0.1, -0.05) is 30.3 Å². The molecule has 0 radical (unpaired) electrons. The lowest BCUT2D eigenvalue weighted by atomic mass is 9.97. The van der Waals surface area contributed by atoms with Crippen molar-refractivity contribution in [3.8, 4) is 0 Å². The third-order valence-corrected chi connectivity index (χ3v) is 3.61. The largest absolute Gasteiger partial charge is 0.445 e. The Labute approximate surface area is 133 Å². The van der Waals surface area contributed by atoms with Gasteiger partial charge in [0.15, 0.2) is 6.29 Å². The highest BCUT2D eigenvalue weighted by atomic mass is 16.7. The molecule has 1 amide bonds. The molecule has 1 aromatic carbocycles. The zero-order valence-electron chi connectivity index (χ0n) is 12.7. The van der Waals surface area contributed by atoms with Gasteiger partial charge in [-0.3, -0.25) is 0 Å². The minimum Gasteiger partial charge on any atom is -0.445 e. The van der Waals surface area contributed by atoms with E-state index < -0.39 is 43.3 Å². The van der Waals surface area contributed by atoms with E-state index in [0.717, 1.165) is 5.56 Å². The standard InChI is InChI=1S/C15H21NO7/c1-21-14-11(13(19)12(18)10(7-17)23-14)16-15(20)22-8-9-5-3-2-4-6-9/h2-6,10-14,17-19H,7-8H2,1H3,(H,16,20)/t10-,11+,12+,13-,14-/m1/s1. The van der Waals surface area contributed by atoms with Crippen LogP contribution in [-0.2, 0) is 20.8 Å². The van der Waals surface area contributed by atoms with Crippen LogP contribution in [-0.4, -0.2) is 65.8 Å². The molecule has 4 N–H and O–H groups in total. The summed E-state index contributed by atoms with van der Waals surface area (Å²) >= 11 is 0. The minimum atomic E-state index is -1.37. The van der Waals surface area contributed by atoms with Gasteiger partial charge in [0, 0.05) is 7.11 Å². The Morgan fingerprint density at radius 2 is 1.96 bits per heavy atom. The molecule has 0 spiro atoms. The lowest BCUT2D eigenvalue weighted by Gasteiger charge is -2.41. The lowest BCUT2D eigenvalue weighted by molar-refractivity contribution is -0.262. The van der Waals surface area contributed by atoms with Gasteiger partial charge in [-0.05, 0) is 5.56 Å². The third-order valence-electron chi connectivity index (χ3n) is 3.61. The minimum absolute atomic E-state index is 0.0653. The van der Waals surface area contributed by atoms with Gasteiger partial charge in [-0.25, -0.2) is 4.79 Å². The van der Waals surface area contributed by atoms with Crippen LogP contribution in [0, 0.1) is 0 Å². The van der Waals surface area contributed by atoms with Gasteiger partial charge in [0.05, 0.1) is 6.61 Å². The maximum atomic E-state index is 11.9. The topological polar surface area (TPSA) is 117 Å². The molecule has 1 heterocycles. The molecular formula is C15H21NO7. The Hall–Kier alpha value is -1.71. The normalized spacial score (nSPS) is 30.7. The van der Waals surface area contributed by atoms with Crippen molar-refractivity contribution >= 4 is 6.09 Å². The smallest absolute Gasteiger partial charge is 0.407 e. The number of hydrogen-bond acceptors (Lipinski definition) is 7. The van der Waals surface area contributed by atoms with Gasteiger partial charge in [0.1, 0.15) is 31.0 Å². The maximum absolute atomic E-state index is 11.9. The van der Waals surface area contributed by atoms with E-state index in [4.69, 9.17) is 19.3 Å². The number of ether oxygens (including phenoxy) is 3. The van der Waals surface area contributed by atoms with E-state index in [9.17, 15) is 15.0 Å². The predicted molar refractivity (Wildman–Crippen MR) is 78.3 cm³/mol. The number of alkyl carbamates (subject to hydrolysis) is 1. The van der Waals surface area contributed by atoms with Crippen LogP contribution in [0.3, 0.4) is 0 Å². The number of methoxy groups -OCH3 is 1. The molecule has 1 saturated heterocycles. The van der Waals surface area contributed by atoms with Crippen LogP contribution in [0.2, 0.25) is 0 Å². The number of amides is 1. The van der Waals surface area contributed by atoms with Crippen molar-refractivity contribution in [1.82, 2.24) is 5.32 Å². The third kappa shape index (κ3) is 4.40. The van der Waals surface area contributed by atoms with Crippen molar-refractivity contribution in [2.24, 2.45) is 0 Å². The number of aliphatic hydroxyl groups is 3. The van der Waals surface area contributed by atoms with E-state index in [2.05, 4.69) is 5.32 Å². The van der Waals surface area contributed by atoms with Gasteiger partial charge in [-0.2, -0.15) is 0 Å². The summed E-state index contributed by atoms with van der Waals surface area (Å²) in [5, 5.41) is 31.5. The van der Waals surface area contributed by atoms with Crippen LogP contribution in [0.1, 0.15) is 5.56 Å². The van der Waals surface area contributed by atoms with Crippen molar-refractivity contribution < 1.29 is 34.3 Å². The summed E-state index contributed by atoms with van der Waals surface area (Å²) in [6.45, 7) is -0.418. The van der Waals surface area contributed by atoms with Gasteiger partial charge in [0.2, 0.25) is 0 Å². The first kappa shape index (κ1) is 17.6. The van der Waals surface area contributed by atoms with Gasteiger partial charge in [0.25, 0.3) is 0 Å². The van der Waals surface area contributed by atoms with Crippen LogP contribution in [0.5, 0.6) is 0 Å². The zero-order valence-corrected chi connectivity index (χ0v) is 12.7. The summed E-state index contributed by atoms with van der Waals surface area (Å²) in [7, 11) is 1.33. The number of nitrogens with one attached hydrogen (secondary N) is 1. The highest BCUT2D eigenvalue weighted by Crippen LogP contribution is 2.21. The number of hydrogen-bond donors (Lipinski definition) is 4. The number of rotatable bonds is 5. The van der Waals surface area contributed by atoms with Crippen molar-refractivity contribution in [2.45, 2.75) is 37.3 Å². The first-order valence-electron chi connectivity index (χ1n) is 7.19. The van der Waals surface area contributed by atoms with E-state index >= 15 is 0 Å². The molecule has 8 nitrogen and oxygen atoms in total. The second-order valence-electron chi connectivity index (χ2n) is 5.17. The molecule has 1 aliphatic rings. The Kier molecular flexibility index (Phi) is 6.31. The molecule has 0 aromatic heterocycles.